The normalized spacial score (nSPS) is 15.6. The highest BCUT2D eigenvalue weighted by molar-refractivity contribution is 6.06. The van der Waals surface area contributed by atoms with E-state index in [0.717, 1.165) is 24.2 Å². The first-order chi connectivity index (χ1) is 14.2. The standard InChI is InChI=1S/C26H28N2O/c1-20-17-18-27-24(19-20)28(26(29)23-15-9-4-10-16-23)25(21-11-5-2-6-12-21)22-13-7-3-8-14-22/h2,4-6,9-12,15-19,22,25H,3,7-8,13-14H2,1H3. The molecule has 1 fully saturated rings. The zero-order valence-corrected chi connectivity index (χ0v) is 17.0. The summed E-state index contributed by atoms with van der Waals surface area (Å²) in [6.45, 7) is 2.05. The highest BCUT2D eigenvalue weighted by Gasteiger charge is 2.35. The second-order valence-electron chi connectivity index (χ2n) is 7.99. The number of hydrogen-bond acceptors (Lipinski definition) is 2. The van der Waals surface area contributed by atoms with Crippen molar-refractivity contribution in [3.05, 3.63) is 95.7 Å². The topological polar surface area (TPSA) is 33.2 Å². The average molecular weight is 385 g/mol. The van der Waals surface area contributed by atoms with Crippen molar-refractivity contribution in [1.29, 1.82) is 0 Å². The van der Waals surface area contributed by atoms with Crippen molar-refractivity contribution < 1.29 is 4.79 Å². The van der Waals surface area contributed by atoms with Crippen molar-refractivity contribution in [2.45, 2.75) is 45.1 Å². The lowest BCUT2D eigenvalue weighted by molar-refractivity contribution is 0.0960. The van der Waals surface area contributed by atoms with Crippen LogP contribution in [0.25, 0.3) is 0 Å². The number of aryl methyl sites for hydroxylation is 1. The molecule has 3 aromatic rings. The zero-order chi connectivity index (χ0) is 20.1. The van der Waals surface area contributed by atoms with Crippen molar-refractivity contribution >= 4 is 11.7 Å². The number of benzene rings is 2. The van der Waals surface area contributed by atoms with Gasteiger partial charge in [0.05, 0.1) is 6.04 Å². The fourth-order valence-corrected chi connectivity index (χ4v) is 4.48. The maximum Gasteiger partial charge on any atom is 0.260 e. The lowest BCUT2D eigenvalue weighted by Crippen LogP contribution is -2.40. The van der Waals surface area contributed by atoms with E-state index in [2.05, 4.69) is 36.2 Å². The van der Waals surface area contributed by atoms with Gasteiger partial charge < -0.3 is 0 Å². The van der Waals surface area contributed by atoms with E-state index in [0.29, 0.717) is 11.5 Å². The van der Waals surface area contributed by atoms with Gasteiger partial charge in [0.25, 0.3) is 5.91 Å². The first kappa shape index (κ1) is 19.4. The number of hydrogen-bond donors (Lipinski definition) is 0. The predicted octanol–water partition coefficient (Wildman–Crippen LogP) is 6.36. The molecule has 1 atom stereocenters. The van der Waals surface area contributed by atoms with Gasteiger partial charge in [0, 0.05) is 11.8 Å². The molecule has 2 aromatic carbocycles. The summed E-state index contributed by atoms with van der Waals surface area (Å²) >= 11 is 0. The molecular weight excluding hydrogens is 356 g/mol. The fraction of sp³-hybridized carbons (Fsp3) is 0.308. The van der Waals surface area contributed by atoms with E-state index in [1.807, 2.05) is 53.4 Å². The van der Waals surface area contributed by atoms with Gasteiger partial charge in [-0.3, -0.25) is 9.69 Å². The molecule has 1 aliphatic rings. The number of amides is 1. The molecule has 1 saturated carbocycles. The molecule has 1 amide bonds. The van der Waals surface area contributed by atoms with E-state index >= 15 is 0 Å². The third-order valence-corrected chi connectivity index (χ3v) is 5.90. The summed E-state index contributed by atoms with van der Waals surface area (Å²) in [5.41, 5.74) is 3.00. The second kappa shape index (κ2) is 9.04. The van der Waals surface area contributed by atoms with Crippen LogP contribution < -0.4 is 4.90 Å². The van der Waals surface area contributed by atoms with Crippen LogP contribution in [0.5, 0.6) is 0 Å². The number of carbonyl (C=O) groups is 1. The smallest absolute Gasteiger partial charge is 0.260 e. The van der Waals surface area contributed by atoms with E-state index in [1.165, 1.54) is 24.8 Å². The Morgan fingerprint density at radius 1 is 0.931 bits per heavy atom. The Morgan fingerprint density at radius 3 is 2.24 bits per heavy atom. The monoisotopic (exact) mass is 384 g/mol. The van der Waals surface area contributed by atoms with Crippen LogP contribution in [0.3, 0.4) is 0 Å². The lowest BCUT2D eigenvalue weighted by atomic mass is 9.80. The minimum absolute atomic E-state index is 0.0153. The third-order valence-electron chi connectivity index (χ3n) is 5.90. The molecule has 29 heavy (non-hydrogen) atoms. The van der Waals surface area contributed by atoms with Crippen LogP contribution in [0.2, 0.25) is 0 Å². The number of nitrogens with zero attached hydrogens (tertiary/aromatic N) is 2. The van der Waals surface area contributed by atoms with Crippen molar-refractivity contribution in [3.63, 3.8) is 0 Å². The van der Waals surface area contributed by atoms with Crippen LogP contribution >= 0.6 is 0 Å². The van der Waals surface area contributed by atoms with Crippen LogP contribution in [-0.4, -0.2) is 10.9 Å². The van der Waals surface area contributed by atoms with Gasteiger partial charge in [0.2, 0.25) is 0 Å². The fourth-order valence-electron chi connectivity index (χ4n) is 4.48. The molecular formula is C26H28N2O. The van der Waals surface area contributed by atoms with Crippen LogP contribution in [0, 0.1) is 12.8 Å². The van der Waals surface area contributed by atoms with Crippen molar-refractivity contribution in [3.8, 4) is 0 Å². The van der Waals surface area contributed by atoms with Crippen LogP contribution in [0.4, 0.5) is 5.82 Å². The molecule has 0 spiro atoms. The molecule has 148 valence electrons. The first-order valence-corrected chi connectivity index (χ1v) is 10.6. The van der Waals surface area contributed by atoms with E-state index in [9.17, 15) is 4.79 Å². The van der Waals surface area contributed by atoms with Crippen molar-refractivity contribution in [2.24, 2.45) is 5.92 Å². The minimum Gasteiger partial charge on any atom is -0.285 e. The largest absolute Gasteiger partial charge is 0.285 e. The summed E-state index contributed by atoms with van der Waals surface area (Å²) in [5.74, 6) is 1.18. The Morgan fingerprint density at radius 2 is 1.59 bits per heavy atom. The summed E-state index contributed by atoms with van der Waals surface area (Å²) in [6.07, 6.45) is 7.82. The van der Waals surface area contributed by atoms with Crippen molar-refractivity contribution in [2.75, 3.05) is 4.90 Å². The van der Waals surface area contributed by atoms with Gasteiger partial charge in [-0.25, -0.2) is 4.98 Å². The molecule has 3 nitrogen and oxygen atoms in total. The minimum atomic E-state index is -0.0153. The molecule has 4 rings (SSSR count). The van der Waals surface area contributed by atoms with Gasteiger partial charge in [-0.1, -0.05) is 67.8 Å². The highest BCUT2D eigenvalue weighted by Crippen LogP contribution is 2.40. The second-order valence-corrected chi connectivity index (χ2v) is 7.99. The number of rotatable bonds is 5. The summed E-state index contributed by atoms with van der Waals surface area (Å²) < 4.78 is 0. The lowest BCUT2D eigenvalue weighted by Gasteiger charge is -2.39. The Kier molecular flexibility index (Phi) is 6.04. The van der Waals surface area contributed by atoms with E-state index in [1.54, 1.807) is 6.20 Å². The van der Waals surface area contributed by atoms with Crippen LogP contribution in [0.15, 0.2) is 79.0 Å². The van der Waals surface area contributed by atoms with Crippen molar-refractivity contribution in [1.82, 2.24) is 4.98 Å². The van der Waals surface area contributed by atoms with Gasteiger partial charge in [0.1, 0.15) is 5.82 Å². The molecule has 0 aliphatic heterocycles. The summed E-state index contributed by atoms with van der Waals surface area (Å²) in [4.78, 5) is 20.4. The maximum absolute atomic E-state index is 13.8. The molecule has 0 bridgehead atoms. The van der Waals surface area contributed by atoms with Gasteiger partial charge in [-0.15, -0.1) is 0 Å². The molecule has 0 saturated heterocycles. The summed E-state index contributed by atoms with van der Waals surface area (Å²) in [6, 6.07) is 24.1. The molecule has 1 heterocycles. The van der Waals surface area contributed by atoms with Crippen LogP contribution in [-0.2, 0) is 0 Å². The number of anilines is 1. The molecule has 3 heteroatoms. The number of carbonyl (C=O) groups excluding carboxylic acids is 1. The first-order valence-electron chi connectivity index (χ1n) is 10.6. The number of aromatic nitrogens is 1. The molecule has 0 N–H and O–H groups in total. The van der Waals surface area contributed by atoms with Crippen LogP contribution in [0.1, 0.15) is 59.6 Å². The zero-order valence-electron chi connectivity index (χ0n) is 17.0. The number of pyridine rings is 1. The highest BCUT2D eigenvalue weighted by atomic mass is 16.2. The van der Waals surface area contributed by atoms with E-state index in [-0.39, 0.29) is 11.9 Å². The summed E-state index contributed by atoms with van der Waals surface area (Å²) in [7, 11) is 0. The van der Waals surface area contributed by atoms with Gasteiger partial charge in [0.15, 0.2) is 0 Å². The Balaban J connectivity index is 1.84. The van der Waals surface area contributed by atoms with Gasteiger partial charge in [-0.2, -0.15) is 0 Å². The average Bonchev–Trinajstić information content (AvgIpc) is 2.79. The molecule has 1 unspecified atom stereocenters. The maximum atomic E-state index is 13.8. The molecule has 0 radical (unpaired) electrons. The Bertz CT molecular complexity index is 933. The quantitative estimate of drug-likeness (QED) is 0.513. The Hall–Kier alpha value is -2.94. The molecule has 1 aromatic heterocycles. The summed E-state index contributed by atoms with van der Waals surface area (Å²) in [5, 5.41) is 0. The Labute approximate surface area is 173 Å². The third kappa shape index (κ3) is 4.40. The predicted molar refractivity (Wildman–Crippen MR) is 118 cm³/mol. The van der Waals surface area contributed by atoms with E-state index < -0.39 is 0 Å². The SMILES string of the molecule is Cc1ccnc(N(C(=O)c2ccccc2)C(c2ccccc2)C2CCCCC2)c1. The molecule has 1 aliphatic carbocycles. The van der Waals surface area contributed by atoms with Gasteiger partial charge in [-0.05, 0) is 61.1 Å². The van der Waals surface area contributed by atoms with Gasteiger partial charge >= 0.3 is 0 Å². The van der Waals surface area contributed by atoms with E-state index in [4.69, 9.17) is 0 Å².